The normalized spacial score (nSPS) is 14.0. The number of anilines is 1. The molecule has 0 bridgehead atoms. The van der Waals surface area contributed by atoms with Gasteiger partial charge in [0.25, 0.3) is 0 Å². The van der Waals surface area contributed by atoms with Gasteiger partial charge in [-0.25, -0.2) is 8.42 Å². The number of halogens is 1. The van der Waals surface area contributed by atoms with Crippen molar-refractivity contribution < 1.29 is 27.5 Å². The van der Waals surface area contributed by atoms with E-state index in [2.05, 4.69) is 5.32 Å². The average Bonchev–Trinajstić information content (AvgIpc) is 2.84. The monoisotopic (exact) mass is 551 g/mol. The molecule has 1 heterocycles. The van der Waals surface area contributed by atoms with Crippen molar-refractivity contribution in [3.8, 4) is 11.5 Å². The van der Waals surface area contributed by atoms with Crippen LogP contribution in [0, 0.1) is 0 Å². The van der Waals surface area contributed by atoms with Crippen LogP contribution in [0.5, 0.6) is 11.5 Å². The van der Waals surface area contributed by atoms with Gasteiger partial charge in [-0.15, -0.1) is 0 Å². The first-order valence-corrected chi connectivity index (χ1v) is 14.1. The van der Waals surface area contributed by atoms with Crippen molar-refractivity contribution in [3.05, 3.63) is 53.1 Å². The highest BCUT2D eigenvalue weighted by Crippen LogP contribution is 2.35. The molecule has 9 nitrogen and oxygen atoms in total. The maximum Gasteiger partial charge on any atom is 0.244 e. The van der Waals surface area contributed by atoms with Crippen LogP contribution in [0.15, 0.2) is 42.5 Å². The highest BCUT2D eigenvalue weighted by molar-refractivity contribution is 7.92. The second-order valence-corrected chi connectivity index (χ2v) is 12.4. The summed E-state index contributed by atoms with van der Waals surface area (Å²) in [5, 5.41) is 3.38. The summed E-state index contributed by atoms with van der Waals surface area (Å²) in [4.78, 5) is 28.1. The van der Waals surface area contributed by atoms with Gasteiger partial charge in [0.15, 0.2) is 11.5 Å². The Labute approximate surface area is 223 Å². The first kappa shape index (κ1) is 28.6. The maximum absolute atomic E-state index is 13.7. The molecule has 1 unspecified atom stereocenters. The second-order valence-electron chi connectivity index (χ2n) is 9.80. The van der Waals surface area contributed by atoms with Crippen LogP contribution in [-0.2, 0) is 26.2 Å². The molecule has 11 heteroatoms. The second kappa shape index (κ2) is 11.6. The van der Waals surface area contributed by atoms with Gasteiger partial charge in [-0.05, 0) is 64.4 Å². The Morgan fingerprint density at radius 3 is 2.38 bits per heavy atom. The molecule has 0 saturated carbocycles. The number of ether oxygens (including phenoxy) is 2. The molecule has 0 aromatic heterocycles. The minimum atomic E-state index is -3.85. The fourth-order valence-electron chi connectivity index (χ4n) is 3.80. The summed E-state index contributed by atoms with van der Waals surface area (Å²) in [7, 11) is -3.85. The summed E-state index contributed by atoms with van der Waals surface area (Å²) in [6.07, 6.45) is 0. The van der Waals surface area contributed by atoms with Gasteiger partial charge in [0.05, 0.1) is 11.4 Å². The molecular weight excluding hydrogens is 518 g/mol. The summed E-state index contributed by atoms with van der Waals surface area (Å²) in [5.41, 5.74) is 0.466. The topological polar surface area (TPSA) is 105 Å². The van der Waals surface area contributed by atoms with Gasteiger partial charge in [-0.1, -0.05) is 23.7 Å². The summed E-state index contributed by atoms with van der Waals surface area (Å²) in [6, 6.07) is 10.8. The van der Waals surface area contributed by atoms with E-state index in [4.69, 9.17) is 21.1 Å². The first-order chi connectivity index (χ1) is 17.3. The summed E-state index contributed by atoms with van der Waals surface area (Å²) in [5.74, 6) is -0.203. The van der Waals surface area contributed by atoms with Crippen molar-refractivity contribution in [1.29, 1.82) is 0 Å². The van der Waals surface area contributed by atoms with Crippen LogP contribution in [0.2, 0.25) is 5.02 Å². The van der Waals surface area contributed by atoms with Crippen LogP contribution < -0.4 is 19.1 Å². The molecule has 3 rings (SSSR count). The van der Waals surface area contributed by atoms with Gasteiger partial charge in [0.2, 0.25) is 21.8 Å². The van der Waals surface area contributed by atoms with E-state index in [1.165, 1.54) is 11.8 Å². The molecule has 0 saturated heterocycles. The number of carbonyl (C=O) groups excluding carboxylic acids is 2. The minimum absolute atomic E-state index is 0.0687. The predicted octanol–water partition coefficient (Wildman–Crippen LogP) is 3.60. The van der Waals surface area contributed by atoms with Crippen molar-refractivity contribution in [2.24, 2.45) is 0 Å². The Morgan fingerprint density at radius 1 is 1.08 bits per heavy atom. The van der Waals surface area contributed by atoms with Gasteiger partial charge in [0, 0.05) is 23.2 Å². The number of benzene rings is 2. The SMILES string of the molecule is CCS(=O)(=O)N(CC(=O)N(Cc1cccc(Cl)c1)C(C)C(=O)NC(C)(C)C)c1ccc2c(c1)OCCO2. The fraction of sp³-hybridized carbons (Fsp3) is 0.462. The molecule has 37 heavy (non-hydrogen) atoms. The van der Waals surface area contributed by atoms with Crippen LogP contribution in [0.4, 0.5) is 5.69 Å². The zero-order chi connectivity index (χ0) is 27.4. The van der Waals surface area contributed by atoms with Gasteiger partial charge >= 0.3 is 0 Å². The molecule has 1 aliphatic rings. The third-order valence-corrected chi connectivity index (χ3v) is 7.68. The van der Waals surface area contributed by atoms with E-state index in [0.29, 0.717) is 35.3 Å². The number of hydrogen-bond donors (Lipinski definition) is 1. The maximum atomic E-state index is 13.7. The van der Waals surface area contributed by atoms with Gasteiger partial charge in [-0.2, -0.15) is 0 Å². The van der Waals surface area contributed by atoms with Crippen molar-refractivity contribution in [2.45, 2.75) is 52.7 Å². The van der Waals surface area contributed by atoms with E-state index < -0.39 is 34.1 Å². The highest BCUT2D eigenvalue weighted by atomic mass is 35.5. The molecule has 2 aromatic rings. The number of rotatable bonds is 9. The molecule has 1 atom stereocenters. The minimum Gasteiger partial charge on any atom is -0.486 e. The first-order valence-electron chi connectivity index (χ1n) is 12.1. The molecule has 202 valence electrons. The lowest BCUT2D eigenvalue weighted by Crippen LogP contribution is -2.54. The van der Waals surface area contributed by atoms with Crippen molar-refractivity contribution in [3.63, 3.8) is 0 Å². The van der Waals surface area contributed by atoms with E-state index in [0.717, 1.165) is 4.31 Å². The molecule has 0 radical (unpaired) electrons. The molecule has 1 aliphatic heterocycles. The lowest BCUT2D eigenvalue weighted by Gasteiger charge is -2.33. The van der Waals surface area contributed by atoms with Crippen molar-refractivity contribution in [1.82, 2.24) is 10.2 Å². The van der Waals surface area contributed by atoms with E-state index >= 15 is 0 Å². The molecule has 0 spiro atoms. The Kier molecular flexibility index (Phi) is 8.96. The van der Waals surface area contributed by atoms with Crippen LogP contribution in [0.1, 0.15) is 40.2 Å². The fourth-order valence-corrected chi connectivity index (χ4v) is 5.06. The van der Waals surface area contributed by atoms with E-state index in [1.54, 1.807) is 49.4 Å². The van der Waals surface area contributed by atoms with Crippen LogP contribution in [0.3, 0.4) is 0 Å². The quantitative estimate of drug-likeness (QED) is 0.510. The zero-order valence-corrected chi connectivity index (χ0v) is 23.4. The number of amides is 2. The van der Waals surface area contributed by atoms with E-state index in [-0.39, 0.29) is 23.9 Å². The molecule has 0 aliphatic carbocycles. The Balaban J connectivity index is 1.96. The van der Waals surface area contributed by atoms with Gasteiger partial charge in [0.1, 0.15) is 25.8 Å². The molecule has 2 amide bonds. The Morgan fingerprint density at radius 2 is 1.76 bits per heavy atom. The predicted molar refractivity (Wildman–Crippen MR) is 144 cm³/mol. The number of carbonyl (C=O) groups is 2. The lowest BCUT2D eigenvalue weighted by molar-refractivity contribution is -0.140. The molecule has 2 aromatic carbocycles. The van der Waals surface area contributed by atoms with Crippen LogP contribution >= 0.6 is 11.6 Å². The summed E-state index contributed by atoms with van der Waals surface area (Å²) >= 11 is 6.15. The van der Waals surface area contributed by atoms with Crippen LogP contribution in [0.25, 0.3) is 0 Å². The van der Waals surface area contributed by atoms with E-state index in [1.807, 2.05) is 20.8 Å². The summed E-state index contributed by atoms with van der Waals surface area (Å²) in [6.45, 7) is 8.97. The van der Waals surface area contributed by atoms with Gasteiger partial charge < -0.3 is 19.7 Å². The standard InChI is InChI=1S/C26H34ClN3O6S/c1-6-37(33,34)30(21-10-11-22-23(15-21)36-13-12-35-22)17-24(31)29(16-19-8-7-9-20(27)14-19)18(2)25(32)28-26(3,4)5/h7-11,14-15,18H,6,12-13,16-17H2,1-5H3,(H,28,32). The number of nitrogens with zero attached hydrogens (tertiary/aromatic N) is 2. The third kappa shape index (κ3) is 7.52. The number of nitrogens with one attached hydrogen (secondary N) is 1. The van der Waals surface area contributed by atoms with Crippen LogP contribution in [-0.4, -0.2) is 62.2 Å². The Hall–Kier alpha value is -2.98. The van der Waals surface area contributed by atoms with Crippen molar-refractivity contribution >= 4 is 39.1 Å². The zero-order valence-electron chi connectivity index (χ0n) is 21.8. The Bertz CT molecular complexity index is 1250. The summed E-state index contributed by atoms with van der Waals surface area (Å²) < 4.78 is 38.4. The van der Waals surface area contributed by atoms with Crippen molar-refractivity contribution in [2.75, 3.05) is 29.8 Å². The number of fused-ring (bicyclic) bond motifs is 1. The number of sulfonamides is 1. The highest BCUT2D eigenvalue weighted by Gasteiger charge is 2.32. The largest absolute Gasteiger partial charge is 0.486 e. The average molecular weight is 552 g/mol. The van der Waals surface area contributed by atoms with E-state index in [9.17, 15) is 18.0 Å². The lowest BCUT2D eigenvalue weighted by atomic mass is 10.1. The number of hydrogen-bond acceptors (Lipinski definition) is 6. The molecule has 0 fully saturated rings. The third-order valence-electron chi connectivity index (χ3n) is 5.70. The molecular formula is C26H34ClN3O6S. The smallest absolute Gasteiger partial charge is 0.244 e. The molecule has 1 N–H and O–H groups in total. The van der Waals surface area contributed by atoms with Gasteiger partial charge in [-0.3, -0.25) is 13.9 Å².